The van der Waals surface area contributed by atoms with Crippen LogP contribution in [0.5, 0.6) is 0 Å². The molecule has 0 aromatic rings. The van der Waals surface area contributed by atoms with Crippen molar-refractivity contribution in [3.63, 3.8) is 0 Å². The van der Waals surface area contributed by atoms with Gasteiger partial charge in [-0.1, -0.05) is 6.42 Å². The summed E-state index contributed by atoms with van der Waals surface area (Å²) in [6.07, 6.45) is 3.24. The van der Waals surface area contributed by atoms with Crippen LogP contribution in [0.25, 0.3) is 0 Å². The fraction of sp³-hybridized carbons (Fsp3) is 0.833. The minimum Gasteiger partial charge on any atom is -0.480 e. The van der Waals surface area contributed by atoms with Gasteiger partial charge in [0.2, 0.25) is 5.91 Å². The Bertz CT molecular complexity index is 307. The molecule has 1 amide bonds. The van der Waals surface area contributed by atoms with Crippen LogP contribution in [0.2, 0.25) is 0 Å². The number of aliphatic carboxylic acids is 1. The third kappa shape index (κ3) is 2.60. The lowest BCUT2D eigenvalue weighted by Gasteiger charge is -2.39. The Balaban J connectivity index is 1.81. The van der Waals surface area contributed by atoms with Crippen molar-refractivity contribution in [2.45, 2.75) is 32.2 Å². The maximum Gasteiger partial charge on any atom is 0.320 e. The summed E-state index contributed by atoms with van der Waals surface area (Å²) >= 11 is 0. The molecule has 2 aliphatic rings. The van der Waals surface area contributed by atoms with Gasteiger partial charge >= 0.3 is 5.97 Å². The van der Waals surface area contributed by atoms with Crippen molar-refractivity contribution in [1.82, 2.24) is 9.80 Å². The van der Waals surface area contributed by atoms with Gasteiger partial charge in [0.1, 0.15) is 6.04 Å². The number of piperazine rings is 1. The Morgan fingerprint density at radius 1 is 1.18 bits per heavy atom. The molecule has 1 saturated heterocycles. The summed E-state index contributed by atoms with van der Waals surface area (Å²) in [6.45, 7) is 4.39. The fourth-order valence-corrected chi connectivity index (χ4v) is 2.40. The van der Waals surface area contributed by atoms with Crippen molar-refractivity contribution in [2.75, 3.05) is 26.2 Å². The number of hydrogen-bond donors (Lipinski definition) is 1. The zero-order valence-electron chi connectivity index (χ0n) is 10.3. The van der Waals surface area contributed by atoms with Gasteiger partial charge in [0.25, 0.3) is 0 Å². The predicted octanol–water partition coefficient (Wildman–Crippen LogP) is 0.404. The zero-order valence-corrected chi connectivity index (χ0v) is 10.3. The van der Waals surface area contributed by atoms with Crippen molar-refractivity contribution < 1.29 is 14.7 Å². The number of carboxylic acids is 1. The maximum atomic E-state index is 12.0. The molecule has 0 aromatic heterocycles. The third-order valence-corrected chi connectivity index (χ3v) is 3.99. The highest BCUT2D eigenvalue weighted by molar-refractivity contribution is 5.79. The number of carboxylic acid groups (broad SMARTS) is 1. The molecule has 2 rings (SSSR count). The van der Waals surface area contributed by atoms with Crippen molar-refractivity contribution >= 4 is 11.9 Å². The van der Waals surface area contributed by atoms with Crippen LogP contribution < -0.4 is 0 Å². The topological polar surface area (TPSA) is 60.9 Å². The first-order valence-electron chi connectivity index (χ1n) is 6.35. The third-order valence-electron chi connectivity index (χ3n) is 3.99. The molecule has 96 valence electrons. The molecule has 1 aliphatic heterocycles. The average molecular weight is 240 g/mol. The van der Waals surface area contributed by atoms with Crippen LogP contribution in [-0.2, 0) is 9.59 Å². The number of amides is 1. The molecule has 0 bridgehead atoms. The lowest BCUT2D eigenvalue weighted by molar-refractivity contribution is -0.145. The molecule has 0 aromatic carbocycles. The quantitative estimate of drug-likeness (QED) is 0.776. The minimum absolute atomic E-state index is 0.249. The van der Waals surface area contributed by atoms with Gasteiger partial charge in [-0.2, -0.15) is 0 Å². The van der Waals surface area contributed by atoms with Gasteiger partial charge in [0.05, 0.1) is 0 Å². The number of carbonyl (C=O) groups excluding carboxylic acids is 1. The zero-order chi connectivity index (χ0) is 12.4. The first-order chi connectivity index (χ1) is 8.09. The van der Waals surface area contributed by atoms with Crippen molar-refractivity contribution in [1.29, 1.82) is 0 Å². The Labute approximate surface area is 101 Å². The Hall–Kier alpha value is -1.10. The fourth-order valence-electron chi connectivity index (χ4n) is 2.40. The number of rotatable bonds is 3. The van der Waals surface area contributed by atoms with E-state index in [-0.39, 0.29) is 11.8 Å². The monoisotopic (exact) mass is 240 g/mol. The van der Waals surface area contributed by atoms with E-state index in [4.69, 9.17) is 5.11 Å². The predicted molar refractivity (Wildman–Crippen MR) is 62.6 cm³/mol. The van der Waals surface area contributed by atoms with E-state index >= 15 is 0 Å². The Morgan fingerprint density at radius 2 is 1.76 bits per heavy atom. The summed E-state index contributed by atoms with van der Waals surface area (Å²) in [6, 6.07) is -0.448. The SMILES string of the molecule is CC(C(=O)O)N1CCN(C(=O)C2CCC2)CC1. The van der Waals surface area contributed by atoms with Crippen molar-refractivity contribution in [3.05, 3.63) is 0 Å². The molecule has 1 atom stereocenters. The summed E-state index contributed by atoms with van der Waals surface area (Å²) in [5.74, 6) is -0.263. The molecule has 5 heteroatoms. The average Bonchev–Trinajstić information content (AvgIpc) is 2.25. The van der Waals surface area contributed by atoms with E-state index in [1.165, 1.54) is 6.42 Å². The van der Waals surface area contributed by atoms with Gasteiger partial charge in [0.15, 0.2) is 0 Å². The van der Waals surface area contributed by atoms with Gasteiger partial charge in [-0.3, -0.25) is 14.5 Å². The lowest BCUT2D eigenvalue weighted by Crippen LogP contribution is -2.54. The highest BCUT2D eigenvalue weighted by atomic mass is 16.4. The standard InChI is InChI=1S/C12H20N2O3/c1-9(12(16)17)13-5-7-14(8-6-13)11(15)10-3-2-4-10/h9-10H,2-8H2,1H3,(H,16,17). The number of carbonyl (C=O) groups is 2. The van der Waals surface area contributed by atoms with Crippen LogP contribution >= 0.6 is 0 Å². The summed E-state index contributed by atoms with van der Waals surface area (Å²) < 4.78 is 0. The minimum atomic E-state index is -0.788. The molecule has 5 nitrogen and oxygen atoms in total. The molecular weight excluding hydrogens is 220 g/mol. The molecular formula is C12H20N2O3. The van der Waals surface area contributed by atoms with Crippen LogP contribution in [0, 0.1) is 5.92 Å². The largest absolute Gasteiger partial charge is 0.480 e. The van der Waals surface area contributed by atoms with Crippen molar-refractivity contribution in [3.8, 4) is 0 Å². The number of hydrogen-bond acceptors (Lipinski definition) is 3. The molecule has 1 saturated carbocycles. The molecule has 0 spiro atoms. The smallest absolute Gasteiger partial charge is 0.320 e. The molecule has 2 fully saturated rings. The van der Waals surface area contributed by atoms with Gasteiger partial charge < -0.3 is 10.0 Å². The van der Waals surface area contributed by atoms with Crippen LogP contribution in [0.1, 0.15) is 26.2 Å². The van der Waals surface area contributed by atoms with Crippen LogP contribution in [0.15, 0.2) is 0 Å². The second kappa shape index (κ2) is 5.04. The van der Waals surface area contributed by atoms with E-state index in [9.17, 15) is 9.59 Å². The molecule has 1 N–H and O–H groups in total. The first kappa shape index (κ1) is 12.4. The summed E-state index contributed by atoms with van der Waals surface area (Å²) in [5.41, 5.74) is 0. The normalized spacial score (nSPS) is 24.2. The second-order valence-corrected chi connectivity index (χ2v) is 5.00. The second-order valence-electron chi connectivity index (χ2n) is 5.00. The molecule has 1 aliphatic carbocycles. The van der Waals surface area contributed by atoms with Crippen LogP contribution in [-0.4, -0.2) is 59.0 Å². The van der Waals surface area contributed by atoms with E-state index in [2.05, 4.69) is 0 Å². The molecule has 1 unspecified atom stereocenters. The van der Waals surface area contributed by atoms with E-state index in [0.717, 1.165) is 12.8 Å². The highest BCUT2D eigenvalue weighted by Crippen LogP contribution is 2.28. The maximum absolute atomic E-state index is 12.0. The highest BCUT2D eigenvalue weighted by Gasteiger charge is 2.32. The van der Waals surface area contributed by atoms with Gasteiger partial charge in [-0.05, 0) is 19.8 Å². The Kier molecular flexibility index (Phi) is 3.66. The Morgan fingerprint density at radius 3 is 2.18 bits per heavy atom. The van der Waals surface area contributed by atoms with Crippen LogP contribution in [0.4, 0.5) is 0 Å². The van der Waals surface area contributed by atoms with Crippen molar-refractivity contribution in [2.24, 2.45) is 5.92 Å². The van der Waals surface area contributed by atoms with E-state index in [1.54, 1.807) is 6.92 Å². The molecule has 1 heterocycles. The number of nitrogens with zero attached hydrogens (tertiary/aromatic N) is 2. The van der Waals surface area contributed by atoms with Gasteiger partial charge in [-0.15, -0.1) is 0 Å². The summed E-state index contributed by atoms with van der Waals surface area (Å²) in [5, 5.41) is 8.92. The lowest BCUT2D eigenvalue weighted by atomic mass is 9.84. The van der Waals surface area contributed by atoms with Crippen LogP contribution in [0.3, 0.4) is 0 Å². The molecule has 17 heavy (non-hydrogen) atoms. The first-order valence-corrected chi connectivity index (χ1v) is 6.35. The summed E-state index contributed by atoms with van der Waals surface area (Å²) in [7, 11) is 0. The molecule has 0 radical (unpaired) electrons. The van der Waals surface area contributed by atoms with Gasteiger partial charge in [0, 0.05) is 32.1 Å². The van der Waals surface area contributed by atoms with E-state index in [1.807, 2.05) is 9.80 Å². The summed E-state index contributed by atoms with van der Waals surface area (Å²) in [4.78, 5) is 26.7. The van der Waals surface area contributed by atoms with E-state index < -0.39 is 12.0 Å². The van der Waals surface area contributed by atoms with Gasteiger partial charge in [-0.25, -0.2) is 0 Å². The van der Waals surface area contributed by atoms with E-state index in [0.29, 0.717) is 26.2 Å².